The number of hydrogen-bond donors (Lipinski definition) is 0. The lowest BCUT2D eigenvalue weighted by Crippen LogP contribution is -2.29. The first kappa shape index (κ1) is 24.6. The van der Waals surface area contributed by atoms with Crippen molar-refractivity contribution in [2.75, 3.05) is 20.0 Å². The van der Waals surface area contributed by atoms with E-state index in [1.165, 1.54) is 0 Å². The maximum atomic E-state index is 13.9. The van der Waals surface area contributed by atoms with Gasteiger partial charge in [0.2, 0.25) is 12.6 Å². The first-order valence-corrected chi connectivity index (χ1v) is 12.8. The highest BCUT2D eigenvalue weighted by molar-refractivity contribution is 5.99. The molecule has 8 heteroatoms. The van der Waals surface area contributed by atoms with Crippen LogP contribution in [0.4, 0.5) is 0 Å². The van der Waals surface area contributed by atoms with E-state index in [0.29, 0.717) is 58.3 Å². The topological polar surface area (TPSA) is 87.4 Å². The molecule has 3 heterocycles. The first-order chi connectivity index (χ1) is 19.0. The van der Waals surface area contributed by atoms with Gasteiger partial charge in [0.05, 0.1) is 23.6 Å². The van der Waals surface area contributed by atoms with Crippen LogP contribution in [-0.2, 0) is 6.54 Å². The van der Waals surface area contributed by atoms with Crippen molar-refractivity contribution in [1.82, 2.24) is 4.90 Å². The second-order valence-corrected chi connectivity index (χ2v) is 9.44. The molecule has 4 aromatic rings. The van der Waals surface area contributed by atoms with Crippen LogP contribution >= 0.6 is 0 Å². The molecule has 1 aromatic heterocycles. The van der Waals surface area contributed by atoms with E-state index in [4.69, 9.17) is 23.4 Å². The van der Waals surface area contributed by atoms with Gasteiger partial charge in [-0.3, -0.25) is 9.59 Å². The van der Waals surface area contributed by atoms with Gasteiger partial charge in [0.1, 0.15) is 12.2 Å². The highest BCUT2D eigenvalue weighted by Crippen LogP contribution is 2.42. The van der Waals surface area contributed by atoms with Gasteiger partial charge in [-0.05, 0) is 61.4 Å². The zero-order valence-corrected chi connectivity index (χ0v) is 21.7. The van der Waals surface area contributed by atoms with E-state index in [1.807, 2.05) is 50.2 Å². The summed E-state index contributed by atoms with van der Waals surface area (Å²) in [6.07, 6.45) is 1.65. The Morgan fingerprint density at radius 2 is 1.85 bits per heavy atom. The minimum Gasteiger partial charge on any atom is -0.490 e. The van der Waals surface area contributed by atoms with Crippen LogP contribution in [0, 0.1) is 6.92 Å². The standard InChI is InChI=1S/C31H27NO7/c1-4-12-36-23-11-8-20(15-26(23)35-5-2)28-27-29(33)21-13-18(3)6-9-22(21)39-30(27)31(34)32(28)16-19-7-10-24-25(14-19)38-17-37-24/h4,6-11,13-15,28H,1,5,12,16-17H2,2-3H3/t28-/m1/s1. The highest BCUT2D eigenvalue weighted by Gasteiger charge is 2.43. The molecule has 2 aliphatic heterocycles. The lowest BCUT2D eigenvalue weighted by molar-refractivity contribution is 0.0714. The summed E-state index contributed by atoms with van der Waals surface area (Å²) in [7, 11) is 0. The van der Waals surface area contributed by atoms with Gasteiger partial charge in [-0.15, -0.1) is 0 Å². The summed E-state index contributed by atoms with van der Waals surface area (Å²) in [5.41, 5.74) is 2.91. The molecule has 0 radical (unpaired) electrons. The smallest absolute Gasteiger partial charge is 0.291 e. The Kier molecular flexibility index (Phi) is 6.23. The predicted molar refractivity (Wildman–Crippen MR) is 145 cm³/mol. The Morgan fingerprint density at radius 3 is 2.67 bits per heavy atom. The van der Waals surface area contributed by atoms with Gasteiger partial charge in [0, 0.05) is 6.54 Å². The van der Waals surface area contributed by atoms with E-state index in [1.54, 1.807) is 29.2 Å². The molecule has 1 atom stereocenters. The number of carbonyl (C=O) groups excluding carboxylic acids is 1. The van der Waals surface area contributed by atoms with E-state index >= 15 is 0 Å². The van der Waals surface area contributed by atoms with Crippen molar-refractivity contribution in [3.05, 3.63) is 105 Å². The van der Waals surface area contributed by atoms with Crippen LogP contribution in [0.2, 0.25) is 0 Å². The molecule has 0 saturated heterocycles. The number of ether oxygens (including phenoxy) is 4. The van der Waals surface area contributed by atoms with Crippen molar-refractivity contribution in [3.63, 3.8) is 0 Å². The summed E-state index contributed by atoms with van der Waals surface area (Å²) in [6, 6.07) is 15.7. The van der Waals surface area contributed by atoms with Crippen LogP contribution in [0.3, 0.4) is 0 Å². The minimum absolute atomic E-state index is 0.0482. The van der Waals surface area contributed by atoms with Gasteiger partial charge < -0.3 is 28.3 Å². The lowest BCUT2D eigenvalue weighted by atomic mass is 9.97. The Bertz CT molecular complexity index is 1670. The maximum Gasteiger partial charge on any atom is 0.291 e. The molecule has 2 aliphatic rings. The third-order valence-corrected chi connectivity index (χ3v) is 6.85. The molecule has 0 saturated carbocycles. The Morgan fingerprint density at radius 1 is 1.00 bits per heavy atom. The van der Waals surface area contributed by atoms with E-state index in [9.17, 15) is 9.59 Å². The third kappa shape index (κ3) is 4.27. The average Bonchev–Trinajstić information content (AvgIpc) is 3.51. The Hall–Kier alpha value is -4.72. The molecular formula is C31H27NO7. The van der Waals surface area contributed by atoms with Crippen LogP contribution in [0.25, 0.3) is 11.0 Å². The largest absolute Gasteiger partial charge is 0.490 e. The predicted octanol–water partition coefficient (Wildman–Crippen LogP) is 5.54. The Balaban J connectivity index is 1.51. The molecule has 3 aromatic carbocycles. The number of rotatable bonds is 8. The van der Waals surface area contributed by atoms with Crippen molar-refractivity contribution in [3.8, 4) is 23.0 Å². The summed E-state index contributed by atoms with van der Waals surface area (Å²) in [4.78, 5) is 29.4. The molecule has 39 heavy (non-hydrogen) atoms. The zero-order valence-electron chi connectivity index (χ0n) is 21.7. The van der Waals surface area contributed by atoms with Gasteiger partial charge in [0.25, 0.3) is 5.91 Å². The minimum atomic E-state index is -0.702. The van der Waals surface area contributed by atoms with E-state index in [0.717, 1.165) is 11.1 Å². The van der Waals surface area contributed by atoms with Crippen molar-refractivity contribution in [1.29, 1.82) is 0 Å². The SMILES string of the molecule is C=CCOc1ccc([C@@H]2c3c(oc4ccc(C)cc4c3=O)C(=O)N2Cc2ccc3c(c2)OCO3)cc1OCC. The van der Waals surface area contributed by atoms with Crippen LogP contribution in [-0.4, -0.2) is 30.8 Å². The number of fused-ring (bicyclic) bond motifs is 3. The van der Waals surface area contributed by atoms with Crippen molar-refractivity contribution >= 4 is 16.9 Å². The normalized spacial score (nSPS) is 15.5. The molecule has 8 nitrogen and oxygen atoms in total. The van der Waals surface area contributed by atoms with Crippen molar-refractivity contribution < 1.29 is 28.2 Å². The molecule has 0 N–H and O–H groups in total. The van der Waals surface area contributed by atoms with Crippen molar-refractivity contribution in [2.24, 2.45) is 0 Å². The number of carbonyl (C=O) groups is 1. The summed E-state index contributed by atoms with van der Waals surface area (Å²) in [5.74, 6) is 2.02. The van der Waals surface area contributed by atoms with E-state index < -0.39 is 6.04 Å². The lowest BCUT2D eigenvalue weighted by Gasteiger charge is -2.26. The second-order valence-electron chi connectivity index (χ2n) is 9.44. The number of aryl methyl sites for hydroxylation is 1. The van der Waals surface area contributed by atoms with Gasteiger partial charge in [-0.2, -0.15) is 0 Å². The zero-order chi connectivity index (χ0) is 27.1. The van der Waals surface area contributed by atoms with E-state index in [2.05, 4.69) is 6.58 Å². The van der Waals surface area contributed by atoms with Gasteiger partial charge in [0.15, 0.2) is 28.4 Å². The highest BCUT2D eigenvalue weighted by atomic mass is 16.7. The molecule has 0 fully saturated rings. The summed E-state index contributed by atoms with van der Waals surface area (Å²) >= 11 is 0. The molecule has 6 rings (SSSR count). The molecule has 0 spiro atoms. The van der Waals surface area contributed by atoms with Gasteiger partial charge in [-0.1, -0.05) is 36.4 Å². The molecule has 0 bridgehead atoms. The van der Waals surface area contributed by atoms with Gasteiger partial charge in [-0.25, -0.2) is 0 Å². The number of amides is 1. The summed E-state index contributed by atoms with van der Waals surface area (Å²) in [6.45, 7) is 8.61. The fourth-order valence-electron chi connectivity index (χ4n) is 5.11. The van der Waals surface area contributed by atoms with Crippen molar-refractivity contribution in [2.45, 2.75) is 26.4 Å². The monoisotopic (exact) mass is 525 g/mol. The molecule has 0 aliphatic carbocycles. The summed E-state index contributed by atoms with van der Waals surface area (Å²) in [5, 5.41) is 0.437. The van der Waals surface area contributed by atoms with Gasteiger partial charge >= 0.3 is 0 Å². The summed E-state index contributed by atoms with van der Waals surface area (Å²) < 4.78 is 28.7. The fourth-order valence-corrected chi connectivity index (χ4v) is 5.11. The number of hydrogen-bond acceptors (Lipinski definition) is 7. The van der Waals surface area contributed by atoms with E-state index in [-0.39, 0.29) is 30.4 Å². The number of nitrogens with zero attached hydrogens (tertiary/aromatic N) is 1. The molecular weight excluding hydrogens is 498 g/mol. The van der Waals surface area contributed by atoms with Crippen LogP contribution in [0.5, 0.6) is 23.0 Å². The number of benzene rings is 3. The fraction of sp³-hybridized carbons (Fsp3) is 0.226. The molecule has 1 amide bonds. The molecule has 0 unspecified atom stereocenters. The Labute approximate surface area is 225 Å². The quantitative estimate of drug-likeness (QED) is 0.279. The van der Waals surface area contributed by atoms with Crippen LogP contribution in [0.1, 0.15) is 45.8 Å². The first-order valence-electron chi connectivity index (χ1n) is 12.8. The maximum absolute atomic E-state index is 13.9. The van der Waals surface area contributed by atoms with Crippen LogP contribution in [0.15, 0.2) is 76.5 Å². The van der Waals surface area contributed by atoms with Crippen LogP contribution < -0.4 is 24.4 Å². The average molecular weight is 526 g/mol. The third-order valence-electron chi connectivity index (χ3n) is 6.85. The second kappa shape index (κ2) is 9.87. The molecule has 198 valence electrons.